The van der Waals surface area contributed by atoms with Crippen molar-refractivity contribution >= 4 is 23.2 Å². The van der Waals surface area contributed by atoms with E-state index in [0.29, 0.717) is 11.7 Å². The number of rotatable bonds is 4. The second kappa shape index (κ2) is 8.15. The Hall–Kier alpha value is -2.66. The van der Waals surface area contributed by atoms with Crippen LogP contribution in [0.3, 0.4) is 0 Å². The van der Waals surface area contributed by atoms with Crippen LogP contribution in [0, 0.1) is 11.7 Å². The van der Waals surface area contributed by atoms with Crippen LogP contribution in [0.15, 0.2) is 54.9 Å². The summed E-state index contributed by atoms with van der Waals surface area (Å²) < 4.78 is 13.3. The van der Waals surface area contributed by atoms with Gasteiger partial charge in [0, 0.05) is 18.1 Å². The maximum absolute atomic E-state index is 13.3. The van der Waals surface area contributed by atoms with E-state index in [1.54, 1.807) is 12.1 Å². The van der Waals surface area contributed by atoms with E-state index in [-0.39, 0.29) is 5.82 Å². The number of nitrogen functional groups attached to an aromatic ring is 1. The zero-order valence-corrected chi connectivity index (χ0v) is 16.2. The predicted octanol–water partition coefficient (Wildman–Crippen LogP) is 4.98. The minimum absolute atomic E-state index is 0.274. The predicted molar refractivity (Wildman–Crippen MR) is 112 cm³/mol. The molecule has 0 saturated carbocycles. The minimum atomic E-state index is -0.274. The summed E-state index contributed by atoms with van der Waals surface area (Å²) in [6.45, 7) is 1.81. The van der Waals surface area contributed by atoms with Crippen molar-refractivity contribution in [1.29, 1.82) is 0 Å². The van der Waals surface area contributed by atoms with Crippen molar-refractivity contribution in [2.45, 2.75) is 19.3 Å². The molecule has 3 aromatic rings. The number of nitrogens with two attached hydrogens (primary N) is 1. The van der Waals surface area contributed by atoms with Gasteiger partial charge in [-0.15, -0.1) is 0 Å². The molecule has 0 radical (unpaired) electrons. The molecule has 0 unspecified atom stereocenters. The summed E-state index contributed by atoms with van der Waals surface area (Å²) in [5.74, 6) is 1.60. The van der Waals surface area contributed by atoms with E-state index < -0.39 is 0 Å². The number of benzene rings is 2. The summed E-state index contributed by atoms with van der Waals surface area (Å²) in [7, 11) is 0. The smallest absolute Gasteiger partial charge is 0.142 e. The van der Waals surface area contributed by atoms with E-state index in [2.05, 4.69) is 27.0 Å². The molecule has 1 aliphatic heterocycles. The van der Waals surface area contributed by atoms with E-state index in [1.165, 1.54) is 24.0 Å². The molecule has 4 nitrogen and oxygen atoms in total. The van der Waals surface area contributed by atoms with Gasteiger partial charge in [0.25, 0.3) is 0 Å². The first kappa shape index (κ1) is 18.7. The monoisotopic (exact) mass is 396 g/mol. The first-order chi connectivity index (χ1) is 13.6. The van der Waals surface area contributed by atoms with Gasteiger partial charge in [0.05, 0.1) is 5.56 Å². The number of aromatic nitrogens is 2. The Morgan fingerprint density at radius 3 is 2.36 bits per heavy atom. The van der Waals surface area contributed by atoms with Crippen LogP contribution in [0.1, 0.15) is 18.4 Å². The van der Waals surface area contributed by atoms with Crippen molar-refractivity contribution in [3.05, 3.63) is 71.3 Å². The van der Waals surface area contributed by atoms with Gasteiger partial charge in [0.2, 0.25) is 0 Å². The first-order valence-electron chi connectivity index (χ1n) is 9.46. The number of hydrogen-bond donors (Lipinski definition) is 1. The summed E-state index contributed by atoms with van der Waals surface area (Å²) in [5, 5.41) is 0.772. The van der Waals surface area contributed by atoms with Crippen molar-refractivity contribution in [1.82, 2.24) is 9.97 Å². The SMILES string of the molecule is Nc1ncnc(N2CCC(Cc3ccc(Cl)cc3)CC2)c1-c1ccc(F)cc1. The number of hydrogen-bond acceptors (Lipinski definition) is 4. The molecule has 0 aliphatic carbocycles. The molecule has 6 heteroatoms. The highest BCUT2D eigenvalue weighted by Crippen LogP contribution is 2.35. The Kier molecular flexibility index (Phi) is 5.44. The number of halogens is 2. The minimum Gasteiger partial charge on any atom is -0.383 e. The van der Waals surface area contributed by atoms with Crippen LogP contribution in [-0.4, -0.2) is 23.1 Å². The quantitative estimate of drug-likeness (QED) is 0.675. The average molecular weight is 397 g/mol. The molecule has 4 rings (SSSR count). The number of piperidine rings is 1. The van der Waals surface area contributed by atoms with Crippen LogP contribution < -0.4 is 10.6 Å². The van der Waals surface area contributed by atoms with E-state index >= 15 is 0 Å². The number of nitrogens with zero attached hydrogens (tertiary/aromatic N) is 3. The molecule has 144 valence electrons. The number of anilines is 2. The molecule has 2 N–H and O–H groups in total. The lowest BCUT2D eigenvalue weighted by Gasteiger charge is -2.34. The summed E-state index contributed by atoms with van der Waals surface area (Å²) in [5.41, 5.74) is 9.09. The molecule has 28 heavy (non-hydrogen) atoms. The molecule has 1 saturated heterocycles. The summed E-state index contributed by atoms with van der Waals surface area (Å²) in [6, 6.07) is 14.4. The Labute approximate surface area is 169 Å². The second-order valence-corrected chi connectivity index (χ2v) is 7.66. The van der Waals surface area contributed by atoms with E-state index in [0.717, 1.165) is 54.3 Å². The lowest BCUT2D eigenvalue weighted by atomic mass is 9.90. The fourth-order valence-corrected chi connectivity index (χ4v) is 3.95. The molecule has 1 fully saturated rings. The zero-order valence-electron chi connectivity index (χ0n) is 15.5. The van der Waals surface area contributed by atoms with Crippen LogP contribution in [0.25, 0.3) is 11.1 Å². The highest BCUT2D eigenvalue weighted by molar-refractivity contribution is 6.30. The van der Waals surface area contributed by atoms with Gasteiger partial charge >= 0.3 is 0 Å². The first-order valence-corrected chi connectivity index (χ1v) is 9.84. The maximum Gasteiger partial charge on any atom is 0.142 e. The molecular formula is C22H22ClFN4. The maximum atomic E-state index is 13.3. The average Bonchev–Trinajstić information content (AvgIpc) is 2.71. The van der Waals surface area contributed by atoms with E-state index in [1.807, 2.05) is 12.1 Å². The molecule has 2 aromatic carbocycles. The Morgan fingerprint density at radius 1 is 1.00 bits per heavy atom. The lowest BCUT2D eigenvalue weighted by Crippen LogP contribution is -2.35. The topological polar surface area (TPSA) is 55.0 Å². The largest absolute Gasteiger partial charge is 0.383 e. The molecule has 0 bridgehead atoms. The van der Waals surface area contributed by atoms with Crippen LogP contribution in [0.4, 0.5) is 16.0 Å². The third kappa shape index (κ3) is 4.09. The fourth-order valence-electron chi connectivity index (χ4n) is 3.83. The van der Waals surface area contributed by atoms with Crippen LogP contribution in [0.5, 0.6) is 0 Å². The van der Waals surface area contributed by atoms with Crippen molar-refractivity contribution in [3.8, 4) is 11.1 Å². The molecule has 1 aromatic heterocycles. The molecule has 0 spiro atoms. The van der Waals surface area contributed by atoms with Crippen LogP contribution >= 0.6 is 11.6 Å². The third-order valence-corrected chi connectivity index (χ3v) is 5.59. The van der Waals surface area contributed by atoms with Crippen molar-refractivity contribution in [2.75, 3.05) is 23.7 Å². The van der Waals surface area contributed by atoms with Gasteiger partial charge in [-0.05, 0) is 60.6 Å². The van der Waals surface area contributed by atoms with Crippen LogP contribution in [0.2, 0.25) is 5.02 Å². The lowest BCUT2D eigenvalue weighted by molar-refractivity contribution is 0.402. The summed E-state index contributed by atoms with van der Waals surface area (Å²) in [6.07, 6.45) is 4.71. The Balaban J connectivity index is 1.49. The molecule has 0 atom stereocenters. The van der Waals surface area contributed by atoms with Gasteiger partial charge in [0.1, 0.15) is 23.8 Å². The molecule has 0 amide bonds. The van der Waals surface area contributed by atoms with Crippen LogP contribution in [-0.2, 0) is 6.42 Å². The van der Waals surface area contributed by atoms with E-state index in [4.69, 9.17) is 17.3 Å². The van der Waals surface area contributed by atoms with Crippen molar-refractivity contribution < 1.29 is 4.39 Å². The molecular weight excluding hydrogens is 375 g/mol. The fraction of sp³-hybridized carbons (Fsp3) is 0.273. The Bertz CT molecular complexity index is 936. The summed E-state index contributed by atoms with van der Waals surface area (Å²) >= 11 is 5.98. The van der Waals surface area contributed by atoms with Gasteiger partial charge in [0.15, 0.2) is 0 Å². The van der Waals surface area contributed by atoms with Gasteiger partial charge in [-0.2, -0.15) is 0 Å². The van der Waals surface area contributed by atoms with Gasteiger partial charge in [-0.25, -0.2) is 14.4 Å². The molecule has 2 heterocycles. The second-order valence-electron chi connectivity index (χ2n) is 7.23. The zero-order chi connectivity index (χ0) is 19.5. The standard InChI is InChI=1S/C22H22ClFN4/c23-18-5-1-15(2-6-18)13-16-9-11-28(12-10-16)22-20(21(25)26-14-27-22)17-3-7-19(24)8-4-17/h1-8,14,16H,9-13H2,(H2,25,26,27). The molecule has 1 aliphatic rings. The van der Waals surface area contributed by atoms with Gasteiger partial charge < -0.3 is 10.6 Å². The van der Waals surface area contributed by atoms with Gasteiger partial charge in [-0.3, -0.25) is 0 Å². The van der Waals surface area contributed by atoms with Gasteiger partial charge in [-0.1, -0.05) is 35.9 Å². The highest BCUT2D eigenvalue weighted by atomic mass is 35.5. The van der Waals surface area contributed by atoms with Crippen molar-refractivity contribution in [2.24, 2.45) is 5.92 Å². The van der Waals surface area contributed by atoms with E-state index in [9.17, 15) is 4.39 Å². The normalized spacial score (nSPS) is 15.0. The Morgan fingerprint density at radius 2 is 1.68 bits per heavy atom. The summed E-state index contributed by atoms with van der Waals surface area (Å²) in [4.78, 5) is 10.9. The van der Waals surface area contributed by atoms with Crippen molar-refractivity contribution in [3.63, 3.8) is 0 Å². The highest BCUT2D eigenvalue weighted by Gasteiger charge is 2.24. The third-order valence-electron chi connectivity index (χ3n) is 5.34.